The standard InChI is InChI=1S/C23H25N7O/c1-26-14-16(13-25)17-11-20-21(10-15(17)12-24)30(9-8-29(20)2)19-5-3-4-18-23(19)27-7-6-22(31)28-18/h3-5,10-11,13-14,27H,6-9,25H2,1-2H3,(H,28,31). The highest BCUT2D eigenvalue weighted by Crippen LogP contribution is 2.44. The van der Waals surface area contributed by atoms with Crippen LogP contribution in [0.25, 0.3) is 5.57 Å². The Balaban J connectivity index is 1.87. The number of allylic oxidation sites excluding steroid dienone is 1. The number of carbonyl (C=O) groups excluding carboxylic acids is 1. The molecule has 0 bridgehead atoms. The van der Waals surface area contributed by atoms with E-state index in [1.807, 2.05) is 37.4 Å². The van der Waals surface area contributed by atoms with Crippen molar-refractivity contribution in [3.63, 3.8) is 0 Å². The minimum absolute atomic E-state index is 0.00252. The minimum Gasteiger partial charge on any atom is -0.404 e. The Morgan fingerprint density at radius 3 is 2.84 bits per heavy atom. The highest BCUT2D eigenvalue weighted by molar-refractivity contribution is 6.11. The highest BCUT2D eigenvalue weighted by atomic mass is 16.1. The summed E-state index contributed by atoms with van der Waals surface area (Å²) >= 11 is 0. The van der Waals surface area contributed by atoms with Gasteiger partial charge in [0, 0.05) is 63.7 Å². The number of para-hydroxylation sites is 1. The van der Waals surface area contributed by atoms with E-state index in [9.17, 15) is 10.1 Å². The van der Waals surface area contributed by atoms with Gasteiger partial charge < -0.3 is 26.2 Å². The number of fused-ring (bicyclic) bond motifs is 2. The Morgan fingerprint density at radius 2 is 2.10 bits per heavy atom. The molecule has 8 nitrogen and oxygen atoms in total. The first kappa shape index (κ1) is 20.3. The fraction of sp³-hybridized carbons (Fsp3) is 0.261. The number of hydrogen-bond acceptors (Lipinski definition) is 7. The summed E-state index contributed by atoms with van der Waals surface area (Å²) in [4.78, 5) is 20.4. The number of amides is 1. The molecular formula is C23H25N7O. The van der Waals surface area contributed by atoms with Crippen LogP contribution in [-0.4, -0.2) is 45.9 Å². The summed E-state index contributed by atoms with van der Waals surface area (Å²) in [6.45, 7) is 2.12. The van der Waals surface area contributed by atoms with Gasteiger partial charge in [-0.3, -0.25) is 9.79 Å². The highest BCUT2D eigenvalue weighted by Gasteiger charge is 2.27. The molecule has 2 heterocycles. The third kappa shape index (κ3) is 3.66. The number of carbonyl (C=O) groups is 1. The Labute approximate surface area is 181 Å². The minimum atomic E-state index is -0.00252. The number of nitriles is 1. The summed E-state index contributed by atoms with van der Waals surface area (Å²) in [7, 11) is 3.71. The van der Waals surface area contributed by atoms with Crippen molar-refractivity contribution in [1.82, 2.24) is 0 Å². The second-order valence-electron chi connectivity index (χ2n) is 7.51. The summed E-state index contributed by atoms with van der Waals surface area (Å²) < 4.78 is 0. The third-order valence-electron chi connectivity index (χ3n) is 5.62. The smallest absolute Gasteiger partial charge is 0.226 e. The lowest BCUT2D eigenvalue weighted by Gasteiger charge is -2.38. The van der Waals surface area contributed by atoms with Crippen molar-refractivity contribution in [2.75, 3.05) is 54.2 Å². The lowest BCUT2D eigenvalue weighted by atomic mass is 9.97. The molecule has 2 aliphatic rings. The zero-order valence-corrected chi connectivity index (χ0v) is 17.6. The molecule has 2 aliphatic heterocycles. The maximum absolute atomic E-state index is 12.0. The SMILES string of the molecule is CN=CC(=CN)c1cc2c(cc1C#N)N(c1cccc3c1NCCC(=O)N3)CCN2C. The number of nitrogens with two attached hydrogens (primary N) is 1. The molecule has 31 heavy (non-hydrogen) atoms. The van der Waals surface area contributed by atoms with E-state index < -0.39 is 0 Å². The van der Waals surface area contributed by atoms with Gasteiger partial charge in [0.1, 0.15) is 0 Å². The normalized spacial score (nSPS) is 16.2. The Bertz CT molecular complexity index is 1130. The molecular weight excluding hydrogens is 390 g/mol. The number of aliphatic imine (C=N–C) groups is 1. The van der Waals surface area contributed by atoms with Crippen molar-refractivity contribution in [1.29, 1.82) is 5.26 Å². The predicted molar refractivity (Wildman–Crippen MR) is 126 cm³/mol. The summed E-state index contributed by atoms with van der Waals surface area (Å²) in [6.07, 6.45) is 3.55. The van der Waals surface area contributed by atoms with Gasteiger partial charge in [0.2, 0.25) is 5.91 Å². The van der Waals surface area contributed by atoms with Gasteiger partial charge in [-0.05, 0) is 24.3 Å². The van der Waals surface area contributed by atoms with Gasteiger partial charge in [0.25, 0.3) is 0 Å². The quantitative estimate of drug-likeness (QED) is 0.665. The van der Waals surface area contributed by atoms with Crippen molar-refractivity contribution in [2.45, 2.75) is 6.42 Å². The molecule has 4 rings (SSSR count). The summed E-state index contributed by atoms with van der Waals surface area (Å²) in [6, 6.07) is 12.1. The van der Waals surface area contributed by atoms with E-state index in [0.717, 1.165) is 47.1 Å². The van der Waals surface area contributed by atoms with Crippen molar-refractivity contribution in [3.8, 4) is 6.07 Å². The van der Waals surface area contributed by atoms with E-state index in [4.69, 9.17) is 5.73 Å². The van der Waals surface area contributed by atoms with E-state index in [1.54, 1.807) is 13.3 Å². The van der Waals surface area contributed by atoms with E-state index in [1.165, 1.54) is 6.20 Å². The maximum atomic E-state index is 12.0. The first-order valence-corrected chi connectivity index (χ1v) is 10.2. The zero-order valence-electron chi connectivity index (χ0n) is 17.6. The molecule has 0 spiro atoms. The average Bonchev–Trinajstić information content (AvgIpc) is 2.97. The first-order chi connectivity index (χ1) is 15.1. The Morgan fingerprint density at radius 1 is 1.26 bits per heavy atom. The van der Waals surface area contributed by atoms with Crippen LogP contribution in [0.2, 0.25) is 0 Å². The number of nitrogens with zero attached hydrogens (tertiary/aromatic N) is 4. The van der Waals surface area contributed by atoms with E-state index >= 15 is 0 Å². The van der Waals surface area contributed by atoms with Crippen molar-refractivity contribution >= 4 is 46.1 Å². The fourth-order valence-electron chi connectivity index (χ4n) is 4.08. The van der Waals surface area contributed by atoms with Gasteiger partial charge in [0.05, 0.1) is 40.1 Å². The van der Waals surface area contributed by atoms with Gasteiger partial charge in [-0.25, -0.2) is 0 Å². The molecule has 158 valence electrons. The zero-order chi connectivity index (χ0) is 22.0. The van der Waals surface area contributed by atoms with Crippen LogP contribution in [0.15, 0.2) is 41.5 Å². The summed E-state index contributed by atoms with van der Waals surface area (Å²) in [5.41, 5.74) is 12.4. The monoisotopic (exact) mass is 415 g/mol. The number of hydrogen-bond donors (Lipinski definition) is 3. The molecule has 2 aromatic carbocycles. The number of anilines is 5. The van der Waals surface area contributed by atoms with E-state index in [2.05, 4.69) is 31.5 Å². The summed E-state index contributed by atoms with van der Waals surface area (Å²) in [5.74, 6) is -0.00252. The van der Waals surface area contributed by atoms with E-state index in [0.29, 0.717) is 24.1 Å². The maximum Gasteiger partial charge on any atom is 0.226 e. The van der Waals surface area contributed by atoms with Crippen LogP contribution in [0.4, 0.5) is 28.4 Å². The van der Waals surface area contributed by atoms with Crippen molar-refractivity contribution < 1.29 is 4.79 Å². The lowest BCUT2D eigenvalue weighted by molar-refractivity contribution is -0.115. The van der Waals surface area contributed by atoms with Crippen molar-refractivity contribution in [2.24, 2.45) is 10.7 Å². The van der Waals surface area contributed by atoms with Gasteiger partial charge in [-0.2, -0.15) is 5.26 Å². The molecule has 0 unspecified atom stereocenters. The Kier molecular flexibility index (Phi) is 5.50. The lowest BCUT2D eigenvalue weighted by Crippen LogP contribution is -2.37. The van der Waals surface area contributed by atoms with Gasteiger partial charge in [-0.15, -0.1) is 0 Å². The van der Waals surface area contributed by atoms with Crippen LogP contribution < -0.4 is 26.2 Å². The molecule has 0 aliphatic carbocycles. The fourth-order valence-corrected chi connectivity index (χ4v) is 4.08. The molecule has 0 radical (unpaired) electrons. The molecule has 0 saturated heterocycles. The molecule has 0 fully saturated rings. The molecule has 0 atom stereocenters. The molecule has 8 heteroatoms. The third-order valence-corrected chi connectivity index (χ3v) is 5.62. The van der Waals surface area contributed by atoms with Crippen molar-refractivity contribution in [3.05, 3.63) is 47.7 Å². The first-order valence-electron chi connectivity index (χ1n) is 10.2. The van der Waals surface area contributed by atoms with Crippen LogP contribution in [0.5, 0.6) is 0 Å². The number of likely N-dealkylation sites (N-methyl/N-ethyl adjacent to an activating group) is 1. The average molecular weight is 416 g/mol. The van der Waals surface area contributed by atoms with E-state index in [-0.39, 0.29) is 5.91 Å². The number of rotatable bonds is 3. The number of nitrogens with one attached hydrogen (secondary N) is 2. The molecule has 0 aromatic heterocycles. The largest absolute Gasteiger partial charge is 0.404 e. The second-order valence-corrected chi connectivity index (χ2v) is 7.51. The second kappa shape index (κ2) is 8.40. The Hall–Kier alpha value is -3.99. The topological polar surface area (TPSA) is 110 Å². The van der Waals surface area contributed by atoms with Crippen LogP contribution in [0.1, 0.15) is 17.5 Å². The molecule has 1 amide bonds. The van der Waals surface area contributed by atoms with Crippen LogP contribution in [-0.2, 0) is 4.79 Å². The van der Waals surface area contributed by atoms with Gasteiger partial charge >= 0.3 is 0 Å². The van der Waals surface area contributed by atoms with Crippen LogP contribution >= 0.6 is 0 Å². The summed E-state index contributed by atoms with van der Waals surface area (Å²) in [5, 5.41) is 16.2. The molecule has 2 aromatic rings. The predicted octanol–water partition coefficient (Wildman–Crippen LogP) is 2.90. The van der Waals surface area contributed by atoms with Gasteiger partial charge in [0.15, 0.2) is 0 Å². The van der Waals surface area contributed by atoms with Crippen LogP contribution in [0, 0.1) is 11.3 Å². The molecule has 0 saturated carbocycles. The van der Waals surface area contributed by atoms with Crippen LogP contribution in [0.3, 0.4) is 0 Å². The van der Waals surface area contributed by atoms with Gasteiger partial charge in [-0.1, -0.05) is 6.07 Å². The number of benzene rings is 2. The molecule has 4 N–H and O–H groups in total.